The zero-order valence-electron chi connectivity index (χ0n) is 15.9. The van der Waals surface area contributed by atoms with E-state index in [2.05, 4.69) is 29.0 Å². The van der Waals surface area contributed by atoms with Gasteiger partial charge in [0, 0.05) is 17.2 Å². The van der Waals surface area contributed by atoms with Crippen LogP contribution in [0, 0.1) is 0 Å². The molecule has 3 aromatic rings. The van der Waals surface area contributed by atoms with E-state index in [9.17, 15) is 9.59 Å². The summed E-state index contributed by atoms with van der Waals surface area (Å²) in [6.45, 7) is 1.02. The van der Waals surface area contributed by atoms with Crippen LogP contribution in [0.5, 0.6) is 0 Å². The summed E-state index contributed by atoms with van der Waals surface area (Å²) in [4.78, 5) is 33.4. The molecule has 1 heterocycles. The fourth-order valence-corrected chi connectivity index (χ4v) is 3.61. The molecule has 2 N–H and O–H groups in total. The number of hydrogen-bond donors (Lipinski definition) is 2. The molecule has 0 spiro atoms. The van der Waals surface area contributed by atoms with Gasteiger partial charge in [-0.25, -0.2) is 0 Å². The van der Waals surface area contributed by atoms with Crippen LogP contribution in [0.3, 0.4) is 0 Å². The minimum atomic E-state index is -0.328. The Bertz CT molecular complexity index is 1150. The van der Waals surface area contributed by atoms with E-state index in [1.807, 2.05) is 54.6 Å². The van der Waals surface area contributed by atoms with Crippen molar-refractivity contribution in [2.24, 2.45) is 0 Å². The average Bonchev–Trinajstić information content (AvgIpc) is 2.68. The molecule has 0 saturated carbocycles. The lowest BCUT2D eigenvalue weighted by Gasteiger charge is -2.08. The second-order valence-corrected chi connectivity index (χ2v) is 7.82. The van der Waals surface area contributed by atoms with Gasteiger partial charge in [0.05, 0.1) is 0 Å². The molecule has 0 bridgehead atoms. The third-order valence-electron chi connectivity index (χ3n) is 4.09. The summed E-state index contributed by atoms with van der Waals surface area (Å²) in [7, 11) is 4.11. The molecule has 0 unspecified atom stereocenters. The Morgan fingerprint density at radius 2 is 1.36 bits per heavy atom. The van der Waals surface area contributed by atoms with Gasteiger partial charge in [0.2, 0.25) is 0 Å². The topological polar surface area (TPSA) is 69.0 Å². The van der Waals surface area contributed by atoms with Crippen molar-refractivity contribution in [3.05, 3.63) is 97.1 Å². The molecule has 3 rings (SSSR count). The number of aromatic amines is 2. The monoisotopic (exact) mass is 393 g/mol. The highest BCUT2D eigenvalue weighted by molar-refractivity contribution is 7.99. The van der Waals surface area contributed by atoms with E-state index in [-0.39, 0.29) is 21.8 Å². The lowest BCUT2D eigenvalue weighted by Crippen LogP contribution is -2.46. The second kappa shape index (κ2) is 9.39. The Kier molecular flexibility index (Phi) is 6.68. The Morgan fingerprint density at radius 3 is 1.89 bits per heavy atom. The van der Waals surface area contributed by atoms with Gasteiger partial charge in [-0.3, -0.25) is 9.59 Å². The van der Waals surface area contributed by atoms with Gasteiger partial charge in [-0.2, -0.15) is 0 Å². The number of nitrogens with zero attached hydrogens (tertiary/aromatic N) is 1. The quantitative estimate of drug-likeness (QED) is 0.621. The summed E-state index contributed by atoms with van der Waals surface area (Å²) in [5.41, 5.74) is 1.05. The number of rotatable bonds is 6. The van der Waals surface area contributed by atoms with Crippen molar-refractivity contribution in [2.45, 2.75) is 4.90 Å². The first-order valence-corrected chi connectivity index (χ1v) is 9.98. The lowest BCUT2D eigenvalue weighted by atomic mass is 10.2. The zero-order chi connectivity index (χ0) is 19.9. The normalized spacial score (nSPS) is 12.7. The molecular formula is C22H23N3O2S. The molecule has 2 aromatic carbocycles. The minimum absolute atomic E-state index is 0.237. The highest BCUT2D eigenvalue weighted by Crippen LogP contribution is 2.18. The van der Waals surface area contributed by atoms with E-state index < -0.39 is 0 Å². The van der Waals surface area contributed by atoms with Crippen molar-refractivity contribution in [3.8, 4) is 0 Å². The first kappa shape index (κ1) is 19.9. The van der Waals surface area contributed by atoms with Crippen LogP contribution < -0.4 is 21.8 Å². The average molecular weight is 394 g/mol. The Morgan fingerprint density at radius 1 is 0.821 bits per heavy atom. The van der Waals surface area contributed by atoms with E-state index in [4.69, 9.17) is 0 Å². The van der Waals surface area contributed by atoms with E-state index in [1.54, 1.807) is 23.9 Å². The summed E-state index contributed by atoms with van der Waals surface area (Å²) in [5, 5.41) is 0.476. The molecule has 1 aromatic heterocycles. The minimum Gasteiger partial charge on any atom is -0.316 e. The van der Waals surface area contributed by atoms with Crippen LogP contribution in [0.1, 0.15) is 11.1 Å². The van der Waals surface area contributed by atoms with Gasteiger partial charge in [0.1, 0.15) is 10.7 Å². The predicted octanol–water partition coefficient (Wildman–Crippen LogP) is 1.37. The van der Waals surface area contributed by atoms with Crippen LogP contribution in [0.15, 0.2) is 69.1 Å². The molecule has 28 heavy (non-hydrogen) atoms. The second-order valence-electron chi connectivity index (χ2n) is 6.66. The van der Waals surface area contributed by atoms with E-state index in [1.165, 1.54) is 4.90 Å². The van der Waals surface area contributed by atoms with Crippen LogP contribution in [0.2, 0.25) is 0 Å². The van der Waals surface area contributed by atoms with Crippen LogP contribution >= 0.6 is 11.8 Å². The zero-order valence-corrected chi connectivity index (χ0v) is 16.8. The van der Waals surface area contributed by atoms with Crippen LogP contribution in [-0.4, -0.2) is 41.3 Å². The molecule has 0 radical (unpaired) electrons. The summed E-state index contributed by atoms with van der Waals surface area (Å²) >= 11 is 1.79. The van der Waals surface area contributed by atoms with E-state index >= 15 is 0 Å². The molecule has 0 aliphatic heterocycles. The smallest absolute Gasteiger partial charge is 0.272 e. The molecule has 0 amide bonds. The van der Waals surface area contributed by atoms with Gasteiger partial charge < -0.3 is 14.9 Å². The number of benzene rings is 2. The first-order valence-electron chi connectivity index (χ1n) is 9.00. The van der Waals surface area contributed by atoms with Crippen molar-refractivity contribution >= 4 is 23.9 Å². The third kappa shape index (κ3) is 5.58. The van der Waals surface area contributed by atoms with Crippen LogP contribution in [0.4, 0.5) is 0 Å². The molecule has 0 aliphatic rings. The molecule has 0 fully saturated rings. The fourth-order valence-electron chi connectivity index (χ4n) is 2.59. The van der Waals surface area contributed by atoms with Gasteiger partial charge in [0.15, 0.2) is 0 Å². The van der Waals surface area contributed by atoms with Gasteiger partial charge >= 0.3 is 0 Å². The Labute approximate surface area is 167 Å². The molecule has 0 atom stereocenters. The standard InChI is InChI=1S/C22H23N3O2S/c1-25(2)12-13-28-18-10-8-17(9-11-18)15-20-22(27)23-19(21(26)24-20)14-16-6-4-3-5-7-16/h3-11,14-15H,12-13H2,1-2H3,(H,23,27)(H,24,26). The van der Waals surface area contributed by atoms with Crippen molar-refractivity contribution in [3.63, 3.8) is 0 Å². The maximum Gasteiger partial charge on any atom is 0.272 e. The van der Waals surface area contributed by atoms with Crippen LogP contribution in [0.25, 0.3) is 12.2 Å². The number of aromatic nitrogens is 2. The van der Waals surface area contributed by atoms with Crippen molar-refractivity contribution in [1.29, 1.82) is 0 Å². The Balaban J connectivity index is 1.85. The summed E-state index contributed by atoms with van der Waals surface area (Å²) in [5.74, 6) is 1.02. The highest BCUT2D eigenvalue weighted by Gasteiger charge is 1.99. The van der Waals surface area contributed by atoms with Gasteiger partial charge in [0.25, 0.3) is 11.1 Å². The van der Waals surface area contributed by atoms with Crippen molar-refractivity contribution < 1.29 is 0 Å². The molecule has 0 saturated heterocycles. The SMILES string of the molecule is CN(C)CCSc1ccc(C=c2[nH]c(=O)c(=Cc3ccccc3)[nH]c2=O)cc1. The summed E-state index contributed by atoms with van der Waals surface area (Å²) in [6, 6.07) is 17.3. The summed E-state index contributed by atoms with van der Waals surface area (Å²) < 4.78 is 0. The van der Waals surface area contributed by atoms with Gasteiger partial charge in [-0.15, -0.1) is 11.8 Å². The number of thioether (sulfide) groups is 1. The Hall–Kier alpha value is -2.83. The lowest BCUT2D eigenvalue weighted by molar-refractivity contribution is 0.437. The predicted molar refractivity (Wildman–Crippen MR) is 116 cm³/mol. The number of H-pyrrole nitrogens is 2. The maximum absolute atomic E-state index is 12.4. The number of nitrogens with one attached hydrogen (secondary N) is 2. The maximum atomic E-state index is 12.4. The van der Waals surface area contributed by atoms with Gasteiger partial charge in [-0.05, 0) is 49.5 Å². The molecular weight excluding hydrogens is 370 g/mol. The summed E-state index contributed by atoms with van der Waals surface area (Å²) in [6.07, 6.45) is 3.34. The van der Waals surface area contributed by atoms with E-state index in [0.717, 1.165) is 23.4 Å². The molecule has 144 valence electrons. The molecule has 6 heteroatoms. The van der Waals surface area contributed by atoms with Crippen molar-refractivity contribution in [2.75, 3.05) is 26.4 Å². The molecule has 0 aliphatic carbocycles. The third-order valence-corrected chi connectivity index (χ3v) is 5.09. The fraction of sp³-hybridized carbons (Fsp3) is 0.182. The molecule has 5 nitrogen and oxygen atoms in total. The largest absolute Gasteiger partial charge is 0.316 e. The van der Waals surface area contributed by atoms with Crippen molar-refractivity contribution in [1.82, 2.24) is 14.9 Å². The van der Waals surface area contributed by atoms with Crippen LogP contribution in [-0.2, 0) is 0 Å². The van der Waals surface area contributed by atoms with Gasteiger partial charge in [-0.1, -0.05) is 42.5 Å². The van der Waals surface area contributed by atoms with E-state index in [0.29, 0.717) is 0 Å². The number of hydrogen-bond acceptors (Lipinski definition) is 4. The highest BCUT2D eigenvalue weighted by atomic mass is 32.2. The first-order chi connectivity index (χ1) is 13.5.